The molecule has 1 aromatic heterocycles. The lowest BCUT2D eigenvalue weighted by Crippen LogP contribution is -2.43. The van der Waals surface area contributed by atoms with Crippen LogP contribution in [0.25, 0.3) is 0 Å². The van der Waals surface area contributed by atoms with Crippen molar-refractivity contribution in [1.82, 2.24) is 15.5 Å². The van der Waals surface area contributed by atoms with E-state index in [1.165, 1.54) is 25.7 Å². The first-order chi connectivity index (χ1) is 11.5. The maximum Gasteiger partial charge on any atom is 0.191 e. The molecular formula is C18H33IN4OS. The molecule has 1 aliphatic rings. The van der Waals surface area contributed by atoms with E-state index in [4.69, 9.17) is 0 Å². The Balaban J connectivity index is 0.00000312. The molecule has 7 heteroatoms. The van der Waals surface area contributed by atoms with Crippen molar-refractivity contribution in [2.75, 3.05) is 33.2 Å². The van der Waals surface area contributed by atoms with Crippen LogP contribution in [0.3, 0.4) is 0 Å². The van der Waals surface area contributed by atoms with Crippen LogP contribution in [0.15, 0.2) is 21.8 Å². The van der Waals surface area contributed by atoms with Crippen molar-refractivity contribution in [2.45, 2.75) is 51.2 Å². The second kappa shape index (κ2) is 11.4. The van der Waals surface area contributed by atoms with Gasteiger partial charge in [0.05, 0.1) is 6.54 Å². The minimum Gasteiger partial charge on any atom is -0.383 e. The van der Waals surface area contributed by atoms with E-state index in [0.717, 1.165) is 37.2 Å². The molecule has 1 heterocycles. The van der Waals surface area contributed by atoms with Crippen LogP contribution in [0.2, 0.25) is 0 Å². The van der Waals surface area contributed by atoms with E-state index in [1.807, 2.05) is 23.8 Å². The fraction of sp³-hybridized carbons (Fsp3) is 0.722. The third-order valence-corrected chi connectivity index (χ3v) is 5.42. The van der Waals surface area contributed by atoms with Crippen LogP contribution in [0.1, 0.15) is 45.1 Å². The van der Waals surface area contributed by atoms with E-state index in [-0.39, 0.29) is 24.0 Å². The van der Waals surface area contributed by atoms with Gasteiger partial charge in [0.25, 0.3) is 0 Å². The van der Waals surface area contributed by atoms with Gasteiger partial charge in [-0.3, -0.25) is 0 Å². The van der Waals surface area contributed by atoms with Gasteiger partial charge in [0.2, 0.25) is 0 Å². The highest BCUT2D eigenvalue weighted by Crippen LogP contribution is 2.23. The highest BCUT2D eigenvalue weighted by molar-refractivity contribution is 14.0. The molecule has 1 atom stereocenters. The molecule has 0 bridgehead atoms. The average molecular weight is 480 g/mol. The molecule has 0 saturated heterocycles. The summed E-state index contributed by atoms with van der Waals surface area (Å²) in [6, 6.07) is 2.70. The van der Waals surface area contributed by atoms with Crippen molar-refractivity contribution in [3.8, 4) is 0 Å². The third-order valence-electron chi connectivity index (χ3n) is 4.74. The zero-order valence-corrected chi connectivity index (χ0v) is 18.8. The Morgan fingerprint density at radius 1 is 1.40 bits per heavy atom. The molecule has 1 saturated carbocycles. The third kappa shape index (κ3) is 7.40. The van der Waals surface area contributed by atoms with Gasteiger partial charge in [0, 0.05) is 25.7 Å². The number of thiophene rings is 1. The molecule has 0 aliphatic heterocycles. The zero-order valence-electron chi connectivity index (χ0n) is 15.6. The maximum atomic E-state index is 10.6. The van der Waals surface area contributed by atoms with Gasteiger partial charge in [0.1, 0.15) is 5.60 Å². The quantitative estimate of drug-likeness (QED) is 0.304. The molecule has 2 rings (SSSR count). The van der Waals surface area contributed by atoms with E-state index < -0.39 is 5.60 Å². The van der Waals surface area contributed by atoms with Gasteiger partial charge in [-0.05, 0) is 56.1 Å². The van der Waals surface area contributed by atoms with Crippen molar-refractivity contribution in [3.63, 3.8) is 0 Å². The summed E-state index contributed by atoms with van der Waals surface area (Å²) in [5, 5.41) is 21.2. The van der Waals surface area contributed by atoms with Gasteiger partial charge in [-0.1, -0.05) is 12.8 Å². The summed E-state index contributed by atoms with van der Waals surface area (Å²) in [6.45, 7) is 6.90. The number of likely N-dealkylation sites (N-methyl/N-ethyl adjacent to an activating group) is 1. The number of hydrogen-bond acceptors (Lipinski definition) is 4. The maximum absolute atomic E-state index is 10.6. The first kappa shape index (κ1) is 22.7. The van der Waals surface area contributed by atoms with Crippen molar-refractivity contribution in [1.29, 1.82) is 0 Å². The first-order valence-corrected chi connectivity index (χ1v) is 9.94. The number of aliphatic hydroxyl groups is 1. The lowest BCUT2D eigenvalue weighted by Gasteiger charge is -2.25. The summed E-state index contributed by atoms with van der Waals surface area (Å²) in [6.07, 6.45) is 5.39. The molecule has 0 radical (unpaired) electrons. The second-order valence-electron chi connectivity index (χ2n) is 6.83. The first-order valence-electron chi connectivity index (χ1n) is 9.00. The monoisotopic (exact) mass is 480 g/mol. The highest BCUT2D eigenvalue weighted by atomic mass is 127. The molecule has 1 unspecified atom stereocenters. The summed E-state index contributed by atoms with van der Waals surface area (Å²) in [5.41, 5.74) is -0.00345. The van der Waals surface area contributed by atoms with E-state index in [9.17, 15) is 5.11 Å². The van der Waals surface area contributed by atoms with Crippen molar-refractivity contribution < 1.29 is 5.11 Å². The van der Waals surface area contributed by atoms with Crippen LogP contribution in [0, 0.1) is 0 Å². The summed E-state index contributed by atoms with van der Waals surface area (Å²) in [4.78, 5) is 7.02. The summed E-state index contributed by atoms with van der Waals surface area (Å²) in [5.74, 6) is 0.771. The van der Waals surface area contributed by atoms with Crippen LogP contribution < -0.4 is 10.6 Å². The molecule has 5 nitrogen and oxygen atoms in total. The molecule has 3 N–H and O–H groups in total. The predicted molar refractivity (Wildman–Crippen MR) is 118 cm³/mol. The predicted octanol–water partition coefficient (Wildman–Crippen LogP) is 3.00. The standard InChI is InChI=1S/C18H32N4OS.HI/c1-4-19-17(20-10-11-22(3)16-7-5-6-8-16)21-14-18(2,23)15-9-12-24-13-15;/h9,12-13,16,23H,4-8,10-11,14H2,1-3H3,(H2,19,20,21);1H. The molecule has 1 aliphatic carbocycles. The molecule has 1 fully saturated rings. The number of nitrogens with one attached hydrogen (secondary N) is 2. The SMILES string of the molecule is CCNC(=NCC(C)(O)c1ccsc1)NCCN(C)C1CCCC1.I. The summed E-state index contributed by atoms with van der Waals surface area (Å²) in [7, 11) is 2.21. The Morgan fingerprint density at radius 2 is 2.12 bits per heavy atom. The Kier molecular flexibility index (Phi) is 10.3. The van der Waals surface area contributed by atoms with Crippen LogP contribution in [0.4, 0.5) is 0 Å². The van der Waals surface area contributed by atoms with E-state index in [2.05, 4.69) is 34.5 Å². The Labute approximate surface area is 173 Å². The molecule has 144 valence electrons. The molecule has 0 spiro atoms. The number of nitrogens with zero attached hydrogens (tertiary/aromatic N) is 2. The number of halogens is 1. The molecule has 25 heavy (non-hydrogen) atoms. The molecule has 1 aromatic rings. The normalized spacial score (nSPS) is 18.0. The Morgan fingerprint density at radius 3 is 2.72 bits per heavy atom. The fourth-order valence-electron chi connectivity index (χ4n) is 3.12. The number of guanidine groups is 1. The van der Waals surface area contributed by atoms with Gasteiger partial charge in [-0.2, -0.15) is 11.3 Å². The number of hydrogen-bond donors (Lipinski definition) is 3. The number of aliphatic imine (C=N–C) groups is 1. The highest BCUT2D eigenvalue weighted by Gasteiger charge is 2.23. The van der Waals surface area contributed by atoms with E-state index in [0.29, 0.717) is 6.54 Å². The largest absolute Gasteiger partial charge is 0.383 e. The van der Waals surface area contributed by atoms with E-state index in [1.54, 1.807) is 11.3 Å². The molecular weight excluding hydrogens is 447 g/mol. The zero-order chi connectivity index (χ0) is 17.4. The van der Waals surface area contributed by atoms with Crippen LogP contribution in [0.5, 0.6) is 0 Å². The average Bonchev–Trinajstić information content (AvgIpc) is 3.25. The van der Waals surface area contributed by atoms with Crippen LogP contribution >= 0.6 is 35.3 Å². The summed E-state index contributed by atoms with van der Waals surface area (Å²) < 4.78 is 0. The van der Waals surface area contributed by atoms with Crippen molar-refractivity contribution >= 4 is 41.3 Å². The number of rotatable bonds is 8. The Bertz CT molecular complexity index is 501. The minimum absolute atomic E-state index is 0. The van der Waals surface area contributed by atoms with E-state index >= 15 is 0 Å². The Hall–Kier alpha value is -0.380. The van der Waals surface area contributed by atoms with Crippen LogP contribution in [-0.2, 0) is 5.60 Å². The lowest BCUT2D eigenvalue weighted by molar-refractivity contribution is 0.0677. The lowest BCUT2D eigenvalue weighted by atomic mass is 10.00. The van der Waals surface area contributed by atoms with Gasteiger partial charge >= 0.3 is 0 Å². The smallest absolute Gasteiger partial charge is 0.191 e. The minimum atomic E-state index is -0.928. The fourth-order valence-corrected chi connectivity index (χ4v) is 3.90. The topological polar surface area (TPSA) is 59.9 Å². The van der Waals surface area contributed by atoms with Gasteiger partial charge in [0.15, 0.2) is 5.96 Å². The summed E-state index contributed by atoms with van der Waals surface area (Å²) >= 11 is 1.59. The van der Waals surface area contributed by atoms with Gasteiger partial charge < -0.3 is 20.6 Å². The van der Waals surface area contributed by atoms with Crippen molar-refractivity contribution in [2.24, 2.45) is 4.99 Å². The molecule has 0 aromatic carbocycles. The van der Waals surface area contributed by atoms with Crippen molar-refractivity contribution in [3.05, 3.63) is 22.4 Å². The second-order valence-corrected chi connectivity index (χ2v) is 7.61. The van der Waals surface area contributed by atoms with Crippen LogP contribution in [-0.4, -0.2) is 55.2 Å². The molecule has 0 amide bonds. The van der Waals surface area contributed by atoms with Gasteiger partial charge in [-0.15, -0.1) is 24.0 Å². The van der Waals surface area contributed by atoms with Gasteiger partial charge in [-0.25, -0.2) is 4.99 Å².